The Hall–Kier alpha value is -1.94. The number of benzene rings is 1. The van der Waals surface area contributed by atoms with Crippen LogP contribution < -0.4 is 19.7 Å². The fourth-order valence-corrected chi connectivity index (χ4v) is 6.77. The van der Waals surface area contributed by atoms with Crippen molar-refractivity contribution in [2.45, 2.75) is 95.7 Å². The number of piperazine rings is 1. The molecule has 0 unspecified atom stereocenters. The minimum absolute atomic E-state index is 0. The number of hydrogen-bond donors (Lipinski definition) is 1. The molecule has 2 aliphatic heterocycles. The Morgan fingerprint density at radius 2 is 1.25 bits per heavy atom. The number of ether oxygens (including phenoxy) is 4. The van der Waals surface area contributed by atoms with Gasteiger partial charge in [-0.2, -0.15) is 0 Å². The molecule has 0 aromatic heterocycles. The largest absolute Gasteiger partial charge is 0.478 e. The molecular formula is C33H53Cl2N3O6. The Labute approximate surface area is 275 Å². The third kappa shape index (κ3) is 11.8. The molecule has 0 radical (unpaired) electrons. The molecule has 1 aromatic rings. The molecule has 2 saturated heterocycles. The quantitative estimate of drug-likeness (QED) is 0.291. The third-order valence-corrected chi connectivity index (χ3v) is 9.37. The van der Waals surface area contributed by atoms with Gasteiger partial charge in [0.1, 0.15) is 12.2 Å². The lowest BCUT2D eigenvalue weighted by Crippen LogP contribution is -2.47. The van der Waals surface area contributed by atoms with Crippen molar-refractivity contribution in [3.8, 4) is 11.5 Å². The summed E-state index contributed by atoms with van der Waals surface area (Å²) in [6.07, 6.45) is 14.3. The SMILES string of the molecule is Cl.Cl.O=C(COc1ccc(N2CCN(CCC3CCNCC3)CC2)cc1OCC(=O)OC1CCCCC1)OC1CCCCC1. The van der Waals surface area contributed by atoms with E-state index in [1.807, 2.05) is 18.2 Å². The molecule has 4 aliphatic rings. The number of anilines is 1. The Morgan fingerprint density at radius 3 is 1.82 bits per heavy atom. The maximum atomic E-state index is 12.6. The van der Waals surface area contributed by atoms with Gasteiger partial charge in [0.05, 0.1) is 0 Å². The highest BCUT2D eigenvalue weighted by molar-refractivity contribution is 5.85. The molecule has 9 nitrogen and oxygen atoms in total. The van der Waals surface area contributed by atoms with Crippen molar-refractivity contribution in [2.75, 3.05) is 63.9 Å². The monoisotopic (exact) mass is 657 g/mol. The van der Waals surface area contributed by atoms with Gasteiger partial charge in [-0.1, -0.05) is 12.8 Å². The molecule has 5 rings (SSSR count). The minimum atomic E-state index is -0.366. The number of nitrogens with one attached hydrogen (secondary N) is 1. The predicted octanol–water partition coefficient (Wildman–Crippen LogP) is 5.55. The average Bonchev–Trinajstić information content (AvgIpc) is 3.04. The first-order chi connectivity index (χ1) is 20.6. The Balaban J connectivity index is 0.00000264. The zero-order valence-electron chi connectivity index (χ0n) is 26.2. The number of halogens is 2. The van der Waals surface area contributed by atoms with Gasteiger partial charge in [-0.25, -0.2) is 9.59 Å². The van der Waals surface area contributed by atoms with Gasteiger partial charge in [-0.15, -0.1) is 24.8 Å². The summed E-state index contributed by atoms with van der Waals surface area (Å²) in [5, 5.41) is 3.46. The van der Waals surface area contributed by atoms with Gasteiger partial charge in [0, 0.05) is 37.9 Å². The van der Waals surface area contributed by atoms with Crippen LogP contribution in [-0.4, -0.2) is 88.1 Å². The van der Waals surface area contributed by atoms with E-state index in [1.54, 1.807) is 0 Å². The highest BCUT2D eigenvalue weighted by Crippen LogP contribution is 2.33. The molecule has 11 heteroatoms. The minimum Gasteiger partial charge on any atom is -0.478 e. The van der Waals surface area contributed by atoms with Crippen molar-refractivity contribution in [2.24, 2.45) is 5.92 Å². The van der Waals surface area contributed by atoms with Gasteiger partial charge >= 0.3 is 11.9 Å². The van der Waals surface area contributed by atoms with Crippen molar-refractivity contribution < 1.29 is 28.5 Å². The molecule has 44 heavy (non-hydrogen) atoms. The lowest BCUT2D eigenvalue weighted by Gasteiger charge is -2.37. The summed E-state index contributed by atoms with van der Waals surface area (Å²) in [4.78, 5) is 30.0. The molecule has 4 fully saturated rings. The molecule has 0 bridgehead atoms. The lowest BCUT2D eigenvalue weighted by atomic mass is 9.94. The van der Waals surface area contributed by atoms with Crippen LogP contribution in [0.3, 0.4) is 0 Å². The second-order valence-corrected chi connectivity index (χ2v) is 12.5. The molecule has 2 aliphatic carbocycles. The first-order valence-electron chi connectivity index (χ1n) is 16.6. The molecule has 1 aromatic carbocycles. The fraction of sp³-hybridized carbons (Fsp3) is 0.758. The summed E-state index contributed by atoms with van der Waals surface area (Å²) in [5.74, 6) is 1.00. The Bertz CT molecular complexity index is 992. The van der Waals surface area contributed by atoms with Crippen LogP contribution in [0.1, 0.15) is 83.5 Å². The number of nitrogens with zero attached hydrogens (tertiary/aromatic N) is 2. The van der Waals surface area contributed by atoms with Gasteiger partial charge in [0.15, 0.2) is 24.7 Å². The lowest BCUT2D eigenvalue weighted by molar-refractivity contribution is -0.154. The maximum Gasteiger partial charge on any atom is 0.344 e. The van der Waals surface area contributed by atoms with Crippen LogP contribution in [0, 0.1) is 5.92 Å². The third-order valence-electron chi connectivity index (χ3n) is 9.37. The normalized spacial score (nSPS) is 20.6. The number of rotatable bonds is 12. The van der Waals surface area contributed by atoms with E-state index in [1.165, 1.54) is 38.6 Å². The van der Waals surface area contributed by atoms with Crippen LogP contribution in [0.2, 0.25) is 0 Å². The van der Waals surface area contributed by atoms with Crippen molar-refractivity contribution in [1.82, 2.24) is 10.2 Å². The van der Waals surface area contributed by atoms with Gasteiger partial charge in [0.2, 0.25) is 0 Å². The summed E-state index contributed by atoms with van der Waals surface area (Å²) in [7, 11) is 0. The van der Waals surface area contributed by atoms with E-state index < -0.39 is 0 Å². The number of carbonyl (C=O) groups excluding carboxylic acids is 2. The fourth-order valence-electron chi connectivity index (χ4n) is 6.77. The number of carbonyl (C=O) groups is 2. The van der Waals surface area contributed by atoms with Crippen molar-refractivity contribution >= 4 is 42.4 Å². The standard InChI is InChI=1S/C33H51N3O6.2ClH/c37-32(41-28-7-3-1-4-8-28)24-39-30-12-11-27(23-31(30)40-25-33(38)42-29-9-5-2-6-10-29)36-21-19-35(20-22-36)18-15-26-13-16-34-17-14-26;;/h11-12,23,26,28-29,34H,1-10,13-22,24-25H2;2*1H. The van der Waals surface area contributed by atoms with Crippen LogP contribution in [0.25, 0.3) is 0 Å². The average molecular weight is 659 g/mol. The smallest absolute Gasteiger partial charge is 0.344 e. The second kappa shape index (κ2) is 19.5. The van der Waals surface area contributed by atoms with Gasteiger partial charge in [-0.3, -0.25) is 4.90 Å². The second-order valence-electron chi connectivity index (χ2n) is 12.5. The van der Waals surface area contributed by atoms with Gasteiger partial charge < -0.3 is 29.2 Å². The molecule has 250 valence electrons. The number of hydrogen-bond acceptors (Lipinski definition) is 9. The first kappa shape index (κ1) is 36.5. The predicted molar refractivity (Wildman–Crippen MR) is 177 cm³/mol. The summed E-state index contributed by atoms with van der Waals surface area (Å²) < 4.78 is 23.2. The van der Waals surface area contributed by atoms with Crippen LogP contribution in [-0.2, 0) is 19.1 Å². The van der Waals surface area contributed by atoms with Crippen molar-refractivity contribution in [1.29, 1.82) is 0 Å². The molecule has 0 amide bonds. The highest BCUT2D eigenvalue weighted by Gasteiger charge is 2.23. The zero-order chi connectivity index (χ0) is 29.0. The maximum absolute atomic E-state index is 12.6. The van der Waals surface area contributed by atoms with Crippen LogP contribution in [0.15, 0.2) is 18.2 Å². The van der Waals surface area contributed by atoms with Gasteiger partial charge in [0.25, 0.3) is 0 Å². The van der Waals surface area contributed by atoms with Crippen molar-refractivity contribution in [3.05, 3.63) is 18.2 Å². The summed E-state index contributed by atoms with van der Waals surface area (Å²) in [5.41, 5.74) is 1.03. The number of esters is 2. The Kier molecular flexibility index (Phi) is 16.2. The van der Waals surface area contributed by atoms with Crippen molar-refractivity contribution in [3.63, 3.8) is 0 Å². The van der Waals surface area contributed by atoms with E-state index in [-0.39, 0.29) is 62.2 Å². The van der Waals surface area contributed by atoms with E-state index in [2.05, 4.69) is 15.1 Å². The van der Waals surface area contributed by atoms with E-state index >= 15 is 0 Å². The summed E-state index contributed by atoms with van der Waals surface area (Å²) >= 11 is 0. The Morgan fingerprint density at radius 1 is 0.705 bits per heavy atom. The van der Waals surface area contributed by atoms with E-state index in [9.17, 15) is 9.59 Å². The van der Waals surface area contributed by atoms with E-state index in [0.29, 0.717) is 11.5 Å². The van der Waals surface area contributed by atoms with Crippen LogP contribution in [0.4, 0.5) is 5.69 Å². The molecule has 2 saturated carbocycles. The summed E-state index contributed by atoms with van der Waals surface area (Å²) in [6, 6.07) is 5.79. The number of piperidine rings is 1. The molecular weight excluding hydrogens is 605 g/mol. The van der Waals surface area contributed by atoms with Crippen LogP contribution >= 0.6 is 24.8 Å². The summed E-state index contributed by atoms with van der Waals surface area (Å²) in [6.45, 7) is 7.03. The van der Waals surface area contributed by atoms with Gasteiger partial charge in [-0.05, 0) is 108 Å². The van der Waals surface area contributed by atoms with Crippen LogP contribution in [0.5, 0.6) is 11.5 Å². The van der Waals surface area contributed by atoms with E-state index in [4.69, 9.17) is 18.9 Å². The molecule has 2 heterocycles. The molecule has 1 N–H and O–H groups in total. The first-order valence-corrected chi connectivity index (χ1v) is 16.6. The zero-order valence-corrected chi connectivity index (χ0v) is 27.8. The van der Waals surface area contributed by atoms with E-state index in [0.717, 1.165) is 102 Å². The molecule has 0 atom stereocenters. The molecule has 0 spiro atoms. The topological polar surface area (TPSA) is 89.6 Å². The highest BCUT2D eigenvalue weighted by atomic mass is 35.5.